The van der Waals surface area contributed by atoms with Gasteiger partial charge in [0.15, 0.2) is 0 Å². The minimum absolute atomic E-state index is 0.0417. The average Bonchev–Trinajstić information content (AvgIpc) is 1.90. The highest BCUT2D eigenvalue weighted by atomic mass is 16.5. The average molecular weight is 128 g/mol. The lowest BCUT2D eigenvalue weighted by atomic mass is 10.2. The molecular weight excluding hydrogens is 116 g/mol. The van der Waals surface area contributed by atoms with Gasteiger partial charge in [-0.15, -0.1) is 6.42 Å². The molecular formula is C6H12N2O. The molecule has 0 amide bonds. The molecule has 0 heterocycles. The first kappa shape index (κ1) is 8.44. The molecule has 0 aromatic rings. The molecule has 0 spiro atoms. The highest BCUT2D eigenvalue weighted by Gasteiger charge is 2.09. The normalized spacial score (nSPS) is 16.2. The van der Waals surface area contributed by atoms with Crippen molar-refractivity contribution in [3.63, 3.8) is 0 Å². The van der Waals surface area contributed by atoms with Crippen LogP contribution in [0.15, 0.2) is 0 Å². The van der Waals surface area contributed by atoms with E-state index in [9.17, 15) is 0 Å². The molecule has 0 saturated carbocycles. The van der Waals surface area contributed by atoms with Gasteiger partial charge in [0.1, 0.15) is 6.04 Å². The first-order valence-corrected chi connectivity index (χ1v) is 2.71. The summed E-state index contributed by atoms with van der Waals surface area (Å²) in [6, 6.07) is -0.199. The summed E-state index contributed by atoms with van der Waals surface area (Å²) in [6.45, 7) is 1.85. The van der Waals surface area contributed by atoms with Crippen LogP contribution in [0.4, 0.5) is 0 Å². The largest absolute Gasteiger partial charge is 0.379 e. The maximum atomic E-state index is 5.09. The summed E-state index contributed by atoms with van der Waals surface area (Å²) >= 11 is 0. The molecule has 0 aliphatic carbocycles. The molecule has 9 heavy (non-hydrogen) atoms. The molecule has 0 radical (unpaired) electrons. The van der Waals surface area contributed by atoms with Crippen LogP contribution in [0.25, 0.3) is 0 Å². The molecule has 0 aliphatic heterocycles. The van der Waals surface area contributed by atoms with Gasteiger partial charge in [-0.2, -0.15) is 0 Å². The Labute approximate surface area is 55.5 Å². The number of rotatable bonds is 3. The first-order chi connectivity index (χ1) is 4.26. The predicted octanol–water partition coefficient (Wildman–Crippen LogP) is -0.514. The SMILES string of the molecule is C#CC(NN)C(C)OC. The Kier molecular flexibility index (Phi) is 4.06. The fraction of sp³-hybridized carbons (Fsp3) is 0.667. The summed E-state index contributed by atoms with van der Waals surface area (Å²) in [6.07, 6.45) is 5.05. The van der Waals surface area contributed by atoms with Gasteiger partial charge < -0.3 is 4.74 Å². The number of ether oxygens (including phenoxy) is 1. The number of hydrazine groups is 1. The number of hydrogen-bond donors (Lipinski definition) is 2. The molecule has 3 N–H and O–H groups in total. The lowest BCUT2D eigenvalue weighted by Crippen LogP contribution is -2.42. The third kappa shape index (κ3) is 2.47. The van der Waals surface area contributed by atoms with E-state index in [1.165, 1.54) is 0 Å². The van der Waals surface area contributed by atoms with Crippen LogP contribution in [0.1, 0.15) is 6.92 Å². The maximum absolute atomic E-state index is 5.09. The topological polar surface area (TPSA) is 47.3 Å². The second-order valence-corrected chi connectivity index (χ2v) is 1.75. The van der Waals surface area contributed by atoms with Gasteiger partial charge >= 0.3 is 0 Å². The van der Waals surface area contributed by atoms with Gasteiger partial charge in [-0.25, -0.2) is 5.43 Å². The van der Waals surface area contributed by atoms with Crippen molar-refractivity contribution in [3.05, 3.63) is 0 Å². The Morgan fingerprint density at radius 2 is 2.33 bits per heavy atom. The molecule has 0 aromatic heterocycles. The van der Waals surface area contributed by atoms with Gasteiger partial charge in [-0.3, -0.25) is 5.84 Å². The Hall–Kier alpha value is -0.560. The van der Waals surface area contributed by atoms with Crippen molar-refractivity contribution in [3.8, 4) is 12.3 Å². The molecule has 0 aromatic carbocycles. The van der Waals surface area contributed by atoms with E-state index in [0.29, 0.717) is 0 Å². The van der Waals surface area contributed by atoms with Crippen molar-refractivity contribution in [2.24, 2.45) is 5.84 Å². The number of methoxy groups -OCH3 is 1. The number of terminal acetylenes is 1. The minimum atomic E-state index is -0.199. The standard InChI is InChI=1S/C6H12N2O/c1-4-6(8-7)5(2)9-3/h1,5-6,8H,7H2,2-3H3. The molecule has 0 fully saturated rings. The van der Waals surface area contributed by atoms with Crippen LogP contribution < -0.4 is 11.3 Å². The lowest BCUT2D eigenvalue weighted by molar-refractivity contribution is 0.0998. The van der Waals surface area contributed by atoms with Crippen molar-refractivity contribution >= 4 is 0 Å². The first-order valence-electron chi connectivity index (χ1n) is 2.71. The van der Waals surface area contributed by atoms with Crippen molar-refractivity contribution in [2.75, 3.05) is 7.11 Å². The van der Waals surface area contributed by atoms with Crippen LogP contribution in [0.2, 0.25) is 0 Å². The van der Waals surface area contributed by atoms with Gasteiger partial charge in [0.25, 0.3) is 0 Å². The van der Waals surface area contributed by atoms with Crippen LogP contribution in [0.5, 0.6) is 0 Å². The number of nitrogens with two attached hydrogens (primary N) is 1. The molecule has 2 unspecified atom stereocenters. The van der Waals surface area contributed by atoms with E-state index >= 15 is 0 Å². The van der Waals surface area contributed by atoms with Gasteiger partial charge in [0.2, 0.25) is 0 Å². The third-order valence-corrected chi connectivity index (χ3v) is 1.20. The van der Waals surface area contributed by atoms with Crippen LogP contribution >= 0.6 is 0 Å². The minimum Gasteiger partial charge on any atom is -0.379 e. The van der Waals surface area contributed by atoms with Gasteiger partial charge in [0.05, 0.1) is 6.10 Å². The monoisotopic (exact) mass is 128 g/mol. The predicted molar refractivity (Wildman–Crippen MR) is 36.4 cm³/mol. The summed E-state index contributed by atoms with van der Waals surface area (Å²) in [7, 11) is 1.59. The van der Waals surface area contributed by atoms with Crippen LogP contribution in [-0.4, -0.2) is 19.3 Å². The number of hydrogen-bond acceptors (Lipinski definition) is 3. The summed E-state index contributed by atoms with van der Waals surface area (Å²) in [5, 5.41) is 0. The quantitative estimate of drug-likeness (QED) is 0.305. The zero-order valence-electron chi connectivity index (χ0n) is 5.72. The highest BCUT2D eigenvalue weighted by Crippen LogP contribution is 1.92. The highest BCUT2D eigenvalue weighted by molar-refractivity contribution is 5.00. The van der Waals surface area contributed by atoms with Crippen molar-refractivity contribution in [1.82, 2.24) is 5.43 Å². The van der Waals surface area contributed by atoms with E-state index in [2.05, 4.69) is 11.3 Å². The van der Waals surface area contributed by atoms with Crippen LogP contribution in [0, 0.1) is 12.3 Å². The maximum Gasteiger partial charge on any atom is 0.107 e. The number of nitrogens with one attached hydrogen (secondary N) is 1. The summed E-state index contributed by atoms with van der Waals surface area (Å²) < 4.78 is 4.91. The molecule has 0 saturated heterocycles. The van der Waals surface area contributed by atoms with Crippen molar-refractivity contribution in [1.29, 1.82) is 0 Å². The second kappa shape index (κ2) is 4.33. The van der Waals surface area contributed by atoms with E-state index < -0.39 is 0 Å². The zero-order chi connectivity index (χ0) is 7.28. The summed E-state index contributed by atoms with van der Waals surface area (Å²) in [5.41, 5.74) is 2.44. The van der Waals surface area contributed by atoms with Crippen molar-refractivity contribution in [2.45, 2.75) is 19.1 Å². The Morgan fingerprint density at radius 3 is 2.44 bits per heavy atom. The second-order valence-electron chi connectivity index (χ2n) is 1.75. The van der Waals surface area contributed by atoms with E-state index in [4.69, 9.17) is 17.0 Å². The molecule has 52 valence electrons. The fourth-order valence-electron chi connectivity index (χ4n) is 0.455. The molecule has 3 heteroatoms. The summed E-state index contributed by atoms with van der Waals surface area (Å²) in [4.78, 5) is 0. The van der Waals surface area contributed by atoms with Gasteiger partial charge in [0, 0.05) is 7.11 Å². The van der Waals surface area contributed by atoms with E-state index in [0.717, 1.165) is 0 Å². The van der Waals surface area contributed by atoms with Crippen LogP contribution in [-0.2, 0) is 4.74 Å². The zero-order valence-corrected chi connectivity index (χ0v) is 5.72. The smallest absolute Gasteiger partial charge is 0.107 e. The Bertz CT molecular complexity index is 108. The molecule has 0 aliphatic rings. The van der Waals surface area contributed by atoms with E-state index in [1.54, 1.807) is 7.11 Å². The van der Waals surface area contributed by atoms with E-state index in [-0.39, 0.29) is 12.1 Å². The third-order valence-electron chi connectivity index (χ3n) is 1.20. The summed E-state index contributed by atoms with van der Waals surface area (Å²) in [5.74, 6) is 7.53. The van der Waals surface area contributed by atoms with E-state index in [1.807, 2.05) is 6.92 Å². The lowest BCUT2D eigenvalue weighted by Gasteiger charge is -2.15. The van der Waals surface area contributed by atoms with Gasteiger partial charge in [-0.05, 0) is 6.92 Å². The Morgan fingerprint density at radius 1 is 1.78 bits per heavy atom. The van der Waals surface area contributed by atoms with Gasteiger partial charge in [-0.1, -0.05) is 5.92 Å². The molecule has 3 nitrogen and oxygen atoms in total. The Balaban J connectivity index is 3.68. The van der Waals surface area contributed by atoms with Crippen LogP contribution in [0.3, 0.4) is 0 Å². The van der Waals surface area contributed by atoms with Crippen molar-refractivity contribution < 1.29 is 4.74 Å². The molecule has 0 rings (SSSR count). The molecule has 0 bridgehead atoms. The fourth-order valence-corrected chi connectivity index (χ4v) is 0.455. The molecule has 2 atom stereocenters.